The number of aryl methyl sites for hydroxylation is 1. The first-order chi connectivity index (χ1) is 13.7. The number of para-hydroxylation sites is 1. The third kappa shape index (κ3) is 3.98. The maximum atomic E-state index is 13.0. The molecule has 1 amide bonds. The van der Waals surface area contributed by atoms with Gasteiger partial charge in [0.2, 0.25) is 5.88 Å². The number of rotatable bonds is 4. The molecule has 1 fully saturated rings. The van der Waals surface area contributed by atoms with E-state index < -0.39 is 0 Å². The lowest BCUT2D eigenvalue weighted by Gasteiger charge is -2.34. The molecule has 0 bridgehead atoms. The molecule has 7 heteroatoms. The van der Waals surface area contributed by atoms with Crippen molar-refractivity contribution in [2.24, 2.45) is 0 Å². The lowest BCUT2D eigenvalue weighted by molar-refractivity contribution is 0.0592. The highest BCUT2D eigenvalue weighted by molar-refractivity contribution is 5.92. The van der Waals surface area contributed by atoms with Gasteiger partial charge in [-0.25, -0.2) is 9.97 Å². The van der Waals surface area contributed by atoms with Crippen molar-refractivity contribution in [2.45, 2.75) is 32.2 Å². The number of carbonyl (C=O) groups is 1. The van der Waals surface area contributed by atoms with Crippen LogP contribution in [0.15, 0.2) is 55.0 Å². The Balaban J connectivity index is 1.63. The molecule has 0 radical (unpaired) electrons. The van der Waals surface area contributed by atoms with Gasteiger partial charge < -0.3 is 9.64 Å². The van der Waals surface area contributed by atoms with Crippen LogP contribution in [-0.4, -0.2) is 37.3 Å². The number of carbonyl (C=O) groups excluding carboxylic acids is 1. The van der Waals surface area contributed by atoms with Gasteiger partial charge >= 0.3 is 0 Å². The SMILES string of the molecule is Cc1cc(Oc2ccccc2)nc([C@H]2CCCCN2C(=O)c2cnccn2)n1. The topological polar surface area (TPSA) is 81.1 Å². The van der Waals surface area contributed by atoms with E-state index in [2.05, 4.69) is 19.9 Å². The Morgan fingerprint density at radius 3 is 2.79 bits per heavy atom. The number of aromatic nitrogens is 4. The fourth-order valence-electron chi connectivity index (χ4n) is 3.37. The van der Waals surface area contributed by atoms with E-state index >= 15 is 0 Å². The normalized spacial score (nSPS) is 16.6. The van der Waals surface area contributed by atoms with Crippen LogP contribution in [0.4, 0.5) is 0 Å². The summed E-state index contributed by atoms with van der Waals surface area (Å²) in [5, 5.41) is 0. The van der Waals surface area contributed by atoms with Crippen LogP contribution in [0.3, 0.4) is 0 Å². The van der Waals surface area contributed by atoms with E-state index in [1.54, 1.807) is 17.2 Å². The second kappa shape index (κ2) is 8.12. The van der Waals surface area contributed by atoms with Crippen LogP contribution in [0.2, 0.25) is 0 Å². The number of hydrogen-bond acceptors (Lipinski definition) is 6. The van der Waals surface area contributed by atoms with Gasteiger partial charge in [-0.2, -0.15) is 4.98 Å². The largest absolute Gasteiger partial charge is 0.439 e. The summed E-state index contributed by atoms with van der Waals surface area (Å²) in [6, 6.07) is 11.1. The van der Waals surface area contributed by atoms with E-state index in [-0.39, 0.29) is 11.9 Å². The van der Waals surface area contributed by atoms with E-state index in [0.29, 0.717) is 29.7 Å². The van der Waals surface area contributed by atoms with Crippen LogP contribution in [-0.2, 0) is 0 Å². The lowest BCUT2D eigenvalue weighted by atomic mass is 10.0. The average molecular weight is 375 g/mol. The summed E-state index contributed by atoms with van der Waals surface area (Å²) < 4.78 is 5.89. The summed E-state index contributed by atoms with van der Waals surface area (Å²) >= 11 is 0. The van der Waals surface area contributed by atoms with Crippen LogP contribution in [0.5, 0.6) is 11.6 Å². The molecular weight excluding hydrogens is 354 g/mol. The Labute approximate surface area is 163 Å². The molecule has 2 aromatic heterocycles. The lowest BCUT2D eigenvalue weighted by Crippen LogP contribution is -2.39. The van der Waals surface area contributed by atoms with Crippen molar-refractivity contribution in [1.82, 2.24) is 24.8 Å². The van der Waals surface area contributed by atoms with Crippen molar-refractivity contribution in [2.75, 3.05) is 6.54 Å². The Morgan fingerprint density at radius 1 is 1.14 bits per heavy atom. The minimum atomic E-state index is -0.207. The number of nitrogens with zero attached hydrogens (tertiary/aromatic N) is 5. The van der Waals surface area contributed by atoms with Gasteiger partial charge in [-0.1, -0.05) is 18.2 Å². The molecule has 3 aromatic rings. The molecule has 142 valence electrons. The summed E-state index contributed by atoms with van der Waals surface area (Å²) in [4.78, 5) is 32.2. The molecule has 1 atom stereocenters. The highest BCUT2D eigenvalue weighted by atomic mass is 16.5. The summed E-state index contributed by atoms with van der Waals surface area (Å²) in [5.41, 5.74) is 1.14. The molecule has 0 unspecified atom stereocenters. The quantitative estimate of drug-likeness (QED) is 0.691. The summed E-state index contributed by atoms with van der Waals surface area (Å²) in [7, 11) is 0. The van der Waals surface area contributed by atoms with Crippen molar-refractivity contribution in [3.63, 3.8) is 0 Å². The molecule has 0 aliphatic carbocycles. The molecule has 3 heterocycles. The number of amides is 1. The van der Waals surface area contributed by atoms with E-state index in [1.807, 2.05) is 37.3 Å². The first-order valence-corrected chi connectivity index (χ1v) is 9.36. The third-order valence-electron chi connectivity index (χ3n) is 4.66. The highest BCUT2D eigenvalue weighted by Gasteiger charge is 2.31. The second-order valence-corrected chi connectivity index (χ2v) is 6.72. The number of benzene rings is 1. The zero-order chi connectivity index (χ0) is 19.3. The Morgan fingerprint density at radius 2 is 2.00 bits per heavy atom. The number of likely N-dealkylation sites (tertiary alicyclic amines) is 1. The zero-order valence-corrected chi connectivity index (χ0v) is 15.7. The van der Waals surface area contributed by atoms with Crippen molar-refractivity contribution in [1.29, 1.82) is 0 Å². The predicted molar refractivity (Wildman–Crippen MR) is 103 cm³/mol. The summed E-state index contributed by atoms with van der Waals surface area (Å²) in [6.45, 7) is 2.55. The van der Waals surface area contributed by atoms with Gasteiger partial charge in [-0.3, -0.25) is 9.78 Å². The van der Waals surface area contributed by atoms with Gasteiger partial charge in [0.1, 0.15) is 11.4 Å². The van der Waals surface area contributed by atoms with Crippen molar-refractivity contribution in [3.05, 3.63) is 72.2 Å². The predicted octanol–water partition coefficient (Wildman–Crippen LogP) is 3.73. The maximum Gasteiger partial charge on any atom is 0.274 e. The summed E-state index contributed by atoms with van der Waals surface area (Å²) in [6.07, 6.45) is 7.35. The zero-order valence-electron chi connectivity index (χ0n) is 15.7. The molecule has 1 aliphatic rings. The van der Waals surface area contributed by atoms with Gasteiger partial charge in [0.05, 0.1) is 12.2 Å². The minimum absolute atomic E-state index is 0.145. The smallest absolute Gasteiger partial charge is 0.274 e. The molecule has 0 N–H and O–H groups in total. The van der Waals surface area contributed by atoms with E-state index in [4.69, 9.17) is 4.74 Å². The van der Waals surface area contributed by atoms with Crippen LogP contribution in [0.25, 0.3) is 0 Å². The monoisotopic (exact) mass is 375 g/mol. The van der Waals surface area contributed by atoms with E-state index in [9.17, 15) is 4.79 Å². The molecule has 1 aromatic carbocycles. The fourth-order valence-corrected chi connectivity index (χ4v) is 3.37. The van der Waals surface area contributed by atoms with Crippen LogP contribution in [0.1, 0.15) is 47.3 Å². The van der Waals surface area contributed by atoms with Crippen molar-refractivity contribution in [3.8, 4) is 11.6 Å². The Kier molecular flexibility index (Phi) is 5.23. The molecule has 0 saturated carbocycles. The number of hydrogen-bond donors (Lipinski definition) is 0. The van der Waals surface area contributed by atoms with Gasteiger partial charge in [-0.15, -0.1) is 0 Å². The molecule has 0 spiro atoms. The Hall–Kier alpha value is -3.35. The van der Waals surface area contributed by atoms with E-state index in [0.717, 1.165) is 25.0 Å². The van der Waals surface area contributed by atoms with Crippen LogP contribution >= 0.6 is 0 Å². The first kappa shape index (κ1) is 18.0. The Bertz CT molecular complexity index is 950. The van der Waals surface area contributed by atoms with Gasteiger partial charge in [0, 0.05) is 30.7 Å². The van der Waals surface area contributed by atoms with Crippen LogP contribution in [0, 0.1) is 6.92 Å². The molecular formula is C21H21N5O2. The second-order valence-electron chi connectivity index (χ2n) is 6.72. The average Bonchev–Trinajstić information content (AvgIpc) is 2.74. The molecule has 1 saturated heterocycles. The van der Waals surface area contributed by atoms with E-state index in [1.165, 1.54) is 12.4 Å². The van der Waals surface area contributed by atoms with Crippen molar-refractivity contribution >= 4 is 5.91 Å². The highest BCUT2D eigenvalue weighted by Crippen LogP contribution is 2.31. The maximum absolute atomic E-state index is 13.0. The van der Waals surface area contributed by atoms with Gasteiger partial charge in [-0.05, 0) is 38.3 Å². The fraction of sp³-hybridized carbons (Fsp3) is 0.286. The first-order valence-electron chi connectivity index (χ1n) is 9.36. The summed E-state index contributed by atoms with van der Waals surface area (Å²) in [5.74, 6) is 1.64. The third-order valence-corrected chi connectivity index (χ3v) is 4.66. The van der Waals surface area contributed by atoms with Crippen molar-refractivity contribution < 1.29 is 9.53 Å². The molecule has 4 rings (SSSR count). The van der Waals surface area contributed by atoms with Crippen LogP contribution < -0.4 is 4.74 Å². The van der Waals surface area contributed by atoms with Gasteiger partial charge in [0.25, 0.3) is 5.91 Å². The molecule has 1 aliphatic heterocycles. The molecule has 28 heavy (non-hydrogen) atoms. The standard InChI is InChI=1S/C21H21N5O2/c1-15-13-19(28-16-7-3-2-4-8-16)25-20(24-15)18-9-5-6-12-26(18)21(27)17-14-22-10-11-23-17/h2-4,7-8,10-11,13-14,18H,5-6,9,12H2,1H3/t18-/m1/s1. The number of piperidine rings is 1. The van der Waals surface area contributed by atoms with Gasteiger partial charge in [0.15, 0.2) is 5.82 Å². The minimum Gasteiger partial charge on any atom is -0.439 e. The number of ether oxygens (including phenoxy) is 1. The molecule has 7 nitrogen and oxygen atoms in total.